The Balaban J connectivity index is 2.37. The van der Waals surface area contributed by atoms with Crippen LogP contribution in [-0.4, -0.2) is 11.4 Å². The zero-order valence-corrected chi connectivity index (χ0v) is 12.4. The Kier molecular flexibility index (Phi) is 4.70. The lowest BCUT2D eigenvalue weighted by atomic mass is 10.1. The van der Waals surface area contributed by atoms with Gasteiger partial charge in [-0.1, -0.05) is 11.6 Å². The van der Waals surface area contributed by atoms with E-state index in [9.17, 15) is 9.18 Å². The molecule has 2 rings (SSSR count). The molecule has 0 aliphatic carbocycles. The van der Waals surface area contributed by atoms with Crippen LogP contribution in [0.3, 0.4) is 0 Å². The number of halogens is 2. The third kappa shape index (κ3) is 3.47. The highest BCUT2D eigenvalue weighted by Gasteiger charge is 2.09. The summed E-state index contributed by atoms with van der Waals surface area (Å²) < 4.78 is 13.0. The molecule has 0 aliphatic rings. The van der Waals surface area contributed by atoms with Gasteiger partial charge in [0.1, 0.15) is 11.0 Å². The van der Waals surface area contributed by atoms with Crippen LogP contribution < -0.4 is 4.90 Å². The van der Waals surface area contributed by atoms with Crippen molar-refractivity contribution in [3.63, 3.8) is 0 Å². The van der Waals surface area contributed by atoms with E-state index in [1.807, 2.05) is 19.1 Å². The van der Waals surface area contributed by atoms with E-state index in [2.05, 4.69) is 4.98 Å². The third-order valence-corrected chi connectivity index (χ3v) is 3.52. The Morgan fingerprint density at radius 3 is 2.57 bits per heavy atom. The van der Waals surface area contributed by atoms with Crippen LogP contribution in [0.25, 0.3) is 6.08 Å². The van der Waals surface area contributed by atoms with Gasteiger partial charge in [0.15, 0.2) is 0 Å². The molecule has 0 aliphatic heterocycles. The van der Waals surface area contributed by atoms with E-state index in [1.54, 1.807) is 25.3 Å². The monoisotopic (exact) mass is 304 g/mol. The molecule has 0 radical (unpaired) electrons. The lowest BCUT2D eigenvalue weighted by Gasteiger charge is -2.18. The Bertz CT molecular complexity index is 683. The molecule has 0 saturated carbocycles. The molecule has 0 fully saturated rings. The topological polar surface area (TPSA) is 33.2 Å². The van der Waals surface area contributed by atoms with Gasteiger partial charge < -0.3 is 0 Å². The lowest BCUT2D eigenvalue weighted by molar-refractivity contribution is -0.107. The molecule has 1 heterocycles. The number of carbonyl (C=O) groups is 1. The van der Waals surface area contributed by atoms with Gasteiger partial charge in [-0.2, -0.15) is 0 Å². The van der Waals surface area contributed by atoms with Crippen molar-refractivity contribution in [2.24, 2.45) is 0 Å². The number of rotatable bonds is 4. The fourth-order valence-electron chi connectivity index (χ4n) is 1.92. The number of benzene rings is 1. The molecule has 5 heteroatoms. The molecule has 1 amide bonds. The fraction of sp³-hybridized carbons (Fsp3) is 0.125. The van der Waals surface area contributed by atoms with Crippen LogP contribution in [-0.2, 0) is 4.79 Å². The number of nitrogens with zero attached hydrogens (tertiary/aromatic N) is 2. The summed E-state index contributed by atoms with van der Waals surface area (Å²) in [5.74, 6) is -0.344. The Morgan fingerprint density at radius 1 is 1.29 bits per heavy atom. The molecule has 1 aromatic heterocycles. The van der Waals surface area contributed by atoms with Crippen molar-refractivity contribution in [3.05, 3.63) is 64.3 Å². The average molecular weight is 305 g/mol. The zero-order valence-electron chi connectivity index (χ0n) is 11.7. The first-order valence-electron chi connectivity index (χ1n) is 6.32. The predicted octanol–water partition coefficient (Wildman–Crippen LogP) is 4.21. The summed E-state index contributed by atoms with van der Waals surface area (Å²) in [5.41, 5.74) is 3.00. The van der Waals surface area contributed by atoms with Gasteiger partial charge in [0, 0.05) is 17.6 Å². The number of amides is 1. The predicted molar refractivity (Wildman–Crippen MR) is 82.6 cm³/mol. The van der Waals surface area contributed by atoms with Crippen LogP contribution in [0.1, 0.15) is 18.1 Å². The van der Waals surface area contributed by atoms with Crippen LogP contribution in [0, 0.1) is 12.7 Å². The van der Waals surface area contributed by atoms with Crippen LogP contribution >= 0.6 is 11.6 Å². The van der Waals surface area contributed by atoms with Crippen molar-refractivity contribution in [3.8, 4) is 0 Å². The van der Waals surface area contributed by atoms with Crippen molar-refractivity contribution >= 4 is 29.8 Å². The van der Waals surface area contributed by atoms with Gasteiger partial charge in [0.05, 0.1) is 0 Å². The highest BCUT2D eigenvalue weighted by atomic mass is 35.5. The summed E-state index contributed by atoms with van der Waals surface area (Å²) >= 11 is 5.98. The van der Waals surface area contributed by atoms with Crippen molar-refractivity contribution in [2.75, 3.05) is 4.90 Å². The van der Waals surface area contributed by atoms with Crippen molar-refractivity contribution in [1.29, 1.82) is 0 Å². The third-order valence-electron chi connectivity index (χ3n) is 3.14. The normalized spacial score (nSPS) is 11.3. The summed E-state index contributed by atoms with van der Waals surface area (Å²) in [6.45, 7) is 3.66. The maximum atomic E-state index is 13.0. The molecule has 0 atom stereocenters. The van der Waals surface area contributed by atoms with E-state index in [-0.39, 0.29) is 5.82 Å². The zero-order chi connectivity index (χ0) is 15.4. The minimum absolute atomic E-state index is 0.344. The number of pyridine rings is 1. The van der Waals surface area contributed by atoms with Gasteiger partial charge in [-0.15, -0.1) is 0 Å². The Hall–Kier alpha value is -2.20. The van der Waals surface area contributed by atoms with Gasteiger partial charge in [-0.05, 0) is 61.4 Å². The van der Waals surface area contributed by atoms with Gasteiger partial charge in [-0.25, -0.2) is 9.37 Å². The lowest BCUT2D eigenvalue weighted by Crippen LogP contribution is -2.18. The van der Waals surface area contributed by atoms with Gasteiger partial charge in [0.25, 0.3) is 0 Å². The maximum Gasteiger partial charge on any atom is 0.218 e. The van der Waals surface area contributed by atoms with E-state index in [1.165, 1.54) is 17.0 Å². The molecule has 0 N–H and O–H groups in total. The van der Waals surface area contributed by atoms with Gasteiger partial charge >= 0.3 is 0 Å². The summed E-state index contributed by atoms with van der Waals surface area (Å²) in [5, 5.41) is 0.427. The molecule has 0 saturated heterocycles. The Labute approximate surface area is 127 Å². The molecule has 0 unspecified atom stereocenters. The first kappa shape index (κ1) is 15.2. The van der Waals surface area contributed by atoms with E-state index >= 15 is 0 Å². The molecular formula is C16H14ClFN2O. The number of hydrogen-bond acceptors (Lipinski definition) is 2. The quantitative estimate of drug-likeness (QED) is 0.626. The minimum atomic E-state index is -0.344. The highest BCUT2D eigenvalue weighted by molar-refractivity contribution is 6.30. The molecular weight excluding hydrogens is 291 g/mol. The SMILES string of the molecule is C/C(=C/c1ccnc(Cl)c1C)N(C=O)c1ccc(F)cc1. The first-order chi connectivity index (χ1) is 10.0. The molecule has 0 spiro atoms. The number of carbonyl (C=O) groups excluding carboxylic acids is 1. The van der Waals surface area contributed by atoms with Crippen LogP contribution in [0.15, 0.2) is 42.2 Å². The van der Waals surface area contributed by atoms with Gasteiger partial charge in [-0.3, -0.25) is 9.69 Å². The molecule has 3 nitrogen and oxygen atoms in total. The summed E-state index contributed by atoms with van der Waals surface area (Å²) in [6, 6.07) is 7.54. The number of aromatic nitrogens is 1. The summed E-state index contributed by atoms with van der Waals surface area (Å²) in [7, 11) is 0. The molecule has 108 valence electrons. The van der Waals surface area contributed by atoms with Crippen molar-refractivity contribution in [1.82, 2.24) is 4.98 Å². The van der Waals surface area contributed by atoms with Crippen LogP contribution in [0.2, 0.25) is 5.15 Å². The number of allylic oxidation sites excluding steroid dienone is 1. The fourth-order valence-corrected chi connectivity index (χ4v) is 2.09. The molecule has 21 heavy (non-hydrogen) atoms. The second kappa shape index (κ2) is 6.50. The molecule has 2 aromatic rings. The second-order valence-electron chi connectivity index (χ2n) is 4.55. The maximum absolute atomic E-state index is 13.0. The minimum Gasteiger partial charge on any atom is -0.288 e. The van der Waals surface area contributed by atoms with Gasteiger partial charge in [0.2, 0.25) is 6.41 Å². The van der Waals surface area contributed by atoms with Crippen molar-refractivity contribution < 1.29 is 9.18 Å². The largest absolute Gasteiger partial charge is 0.288 e. The first-order valence-corrected chi connectivity index (χ1v) is 6.70. The second-order valence-corrected chi connectivity index (χ2v) is 4.91. The standard InChI is InChI=1S/C16H14ClFN2O/c1-11(9-13-7-8-19-16(17)12(13)2)20(10-21)15-5-3-14(18)4-6-15/h3-10H,1-2H3/b11-9-. The van der Waals surface area contributed by atoms with E-state index in [0.717, 1.165) is 11.1 Å². The van der Waals surface area contributed by atoms with Crippen LogP contribution in [0.4, 0.5) is 10.1 Å². The molecule has 0 bridgehead atoms. The van der Waals surface area contributed by atoms with Crippen molar-refractivity contribution in [2.45, 2.75) is 13.8 Å². The molecule has 1 aromatic carbocycles. The smallest absolute Gasteiger partial charge is 0.218 e. The Morgan fingerprint density at radius 2 is 1.95 bits per heavy atom. The van der Waals surface area contributed by atoms with E-state index in [4.69, 9.17) is 11.6 Å². The number of anilines is 1. The van der Waals surface area contributed by atoms with E-state index < -0.39 is 0 Å². The summed E-state index contributed by atoms with van der Waals surface area (Å²) in [4.78, 5) is 16.8. The van der Waals surface area contributed by atoms with Crippen LogP contribution in [0.5, 0.6) is 0 Å². The number of hydrogen-bond donors (Lipinski definition) is 0. The summed E-state index contributed by atoms with van der Waals surface area (Å²) in [6.07, 6.45) is 4.13. The highest BCUT2D eigenvalue weighted by Crippen LogP contribution is 2.22. The van der Waals surface area contributed by atoms with E-state index in [0.29, 0.717) is 22.9 Å². The average Bonchev–Trinajstić information content (AvgIpc) is 2.47.